The number of carbonyl (C=O) groups is 3. The number of fused-ring (bicyclic) bond motifs is 1. The van der Waals surface area contributed by atoms with E-state index in [2.05, 4.69) is 6.07 Å². The molecule has 0 radical (unpaired) electrons. The molecule has 0 bridgehead atoms. The zero-order valence-electron chi connectivity index (χ0n) is 15.9. The van der Waals surface area contributed by atoms with Crippen molar-refractivity contribution in [1.82, 2.24) is 9.80 Å². The maximum Gasteiger partial charge on any atom is 0.225 e. The number of piperazine rings is 1. The molecule has 144 valence electrons. The van der Waals surface area contributed by atoms with Gasteiger partial charge in [-0.25, -0.2) is 0 Å². The molecule has 27 heavy (non-hydrogen) atoms. The number of nitrogens with zero attached hydrogens (tertiary/aromatic N) is 2. The molecule has 0 N–H and O–H groups in total. The largest absolute Gasteiger partial charge is 0.339 e. The zero-order chi connectivity index (χ0) is 18.8. The summed E-state index contributed by atoms with van der Waals surface area (Å²) in [6.45, 7) is 2.42. The first-order chi connectivity index (χ1) is 13.1. The molecule has 2 amide bonds. The van der Waals surface area contributed by atoms with Crippen LogP contribution in [0.25, 0.3) is 0 Å². The fourth-order valence-electron chi connectivity index (χ4n) is 4.19. The number of hydrogen-bond acceptors (Lipinski definition) is 3. The summed E-state index contributed by atoms with van der Waals surface area (Å²) in [7, 11) is 0. The monoisotopic (exact) mass is 368 g/mol. The van der Waals surface area contributed by atoms with Gasteiger partial charge in [0.15, 0.2) is 5.78 Å². The van der Waals surface area contributed by atoms with Crippen LogP contribution >= 0.6 is 0 Å². The van der Waals surface area contributed by atoms with E-state index in [4.69, 9.17) is 0 Å². The Morgan fingerprint density at radius 2 is 1.52 bits per heavy atom. The SMILES string of the molecule is O=C(CCC(=O)N1CCN(C(=O)C2CC2)CC1)c1ccc2c(c1)CCCC2. The van der Waals surface area contributed by atoms with Crippen molar-refractivity contribution in [3.63, 3.8) is 0 Å². The Hall–Kier alpha value is -2.17. The van der Waals surface area contributed by atoms with Gasteiger partial charge in [-0.05, 0) is 55.7 Å². The van der Waals surface area contributed by atoms with E-state index in [9.17, 15) is 14.4 Å². The standard InChI is InChI=1S/C22H28N2O3/c25-20(19-8-5-16-3-1-2-4-18(16)15-19)9-10-21(26)23-11-13-24(14-12-23)22(27)17-6-7-17/h5,8,15,17H,1-4,6-7,9-14H2. The van der Waals surface area contributed by atoms with Gasteiger partial charge in [0.05, 0.1) is 0 Å². The van der Waals surface area contributed by atoms with Crippen LogP contribution in [0.3, 0.4) is 0 Å². The highest BCUT2D eigenvalue weighted by atomic mass is 16.2. The summed E-state index contributed by atoms with van der Waals surface area (Å²) < 4.78 is 0. The van der Waals surface area contributed by atoms with Gasteiger partial charge in [-0.1, -0.05) is 12.1 Å². The van der Waals surface area contributed by atoms with Crippen molar-refractivity contribution in [1.29, 1.82) is 0 Å². The van der Waals surface area contributed by atoms with E-state index in [0.29, 0.717) is 26.2 Å². The van der Waals surface area contributed by atoms with E-state index >= 15 is 0 Å². The van der Waals surface area contributed by atoms with E-state index in [-0.39, 0.29) is 36.4 Å². The minimum absolute atomic E-state index is 0.0276. The molecule has 2 fully saturated rings. The molecule has 3 aliphatic rings. The van der Waals surface area contributed by atoms with E-state index in [1.807, 2.05) is 17.0 Å². The zero-order valence-corrected chi connectivity index (χ0v) is 15.9. The van der Waals surface area contributed by atoms with Gasteiger partial charge in [0.25, 0.3) is 0 Å². The third-order valence-corrected chi connectivity index (χ3v) is 6.11. The van der Waals surface area contributed by atoms with Gasteiger partial charge in [-0.2, -0.15) is 0 Å². The summed E-state index contributed by atoms with van der Waals surface area (Å²) in [6.07, 6.45) is 7.14. The summed E-state index contributed by atoms with van der Waals surface area (Å²) in [6, 6.07) is 6.03. The van der Waals surface area contributed by atoms with Crippen molar-refractivity contribution in [3.05, 3.63) is 34.9 Å². The van der Waals surface area contributed by atoms with Crippen molar-refractivity contribution in [3.8, 4) is 0 Å². The molecule has 1 aromatic carbocycles. The Morgan fingerprint density at radius 1 is 0.852 bits per heavy atom. The summed E-state index contributed by atoms with van der Waals surface area (Å²) >= 11 is 0. The summed E-state index contributed by atoms with van der Waals surface area (Å²) in [5, 5.41) is 0. The van der Waals surface area contributed by atoms with Crippen molar-refractivity contribution in [2.75, 3.05) is 26.2 Å². The van der Waals surface area contributed by atoms with Gasteiger partial charge >= 0.3 is 0 Å². The van der Waals surface area contributed by atoms with E-state index in [1.54, 1.807) is 4.90 Å². The minimum Gasteiger partial charge on any atom is -0.339 e. The molecule has 1 aromatic rings. The molecule has 0 unspecified atom stereocenters. The number of benzene rings is 1. The Kier molecular flexibility index (Phi) is 5.28. The second kappa shape index (κ2) is 7.83. The molecular formula is C22H28N2O3. The van der Waals surface area contributed by atoms with Crippen LogP contribution in [0.1, 0.15) is 60.0 Å². The van der Waals surface area contributed by atoms with Crippen molar-refractivity contribution < 1.29 is 14.4 Å². The van der Waals surface area contributed by atoms with E-state index in [0.717, 1.165) is 31.2 Å². The van der Waals surface area contributed by atoms with Crippen molar-refractivity contribution in [2.24, 2.45) is 5.92 Å². The lowest BCUT2D eigenvalue weighted by molar-refractivity contribution is -0.140. The van der Waals surface area contributed by atoms with Crippen LogP contribution in [0, 0.1) is 5.92 Å². The number of ketones is 1. The van der Waals surface area contributed by atoms with Crippen LogP contribution in [0.2, 0.25) is 0 Å². The number of Topliss-reactive ketones (excluding diaryl/α,β-unsaturated/α-hetero) is 1. The summed E-state index contributed by atoms with van der Waals surface area (Å²) in [5.41, 5.74) is 3.41. The summed E-state index contributed by atoms with van der Waals surface area (Å²) in [4.78, 5) is 40.8. The quantitative estimate of drug-likeness (QED) is 0.751. The Labute approximate surface area is 160 Å². The van der Waals surface area contributed by atoms with Crippen molar-refractivity contribution in [2.45, 2.75) is 51.4 Å². The molecule has 1 saturated carbocycles. The molecule has 0 aromatic heterocycles. The summed E-state index contributed by atoms with van der Waals surface area (Å²) in [5.74, 6) is 0.574. The van der Waals surface area contributed by atoms with Gasteiger partial charge in [0.2, 0.25) is 11.8 Å². The van der Waals surface area contributed by atoms with Crippen molar-refractivity contribution >= 4 is 17.6 Å². The third-order valence-electron chi connectivity index (χ3n) is 6.11. The molecule has 1 aliphatic heterocycles. The van der Waals surface area contributed by atoms with Crippen LogP contribution in [0.4, 0.5) is 0 Å². The third kappa shape index (κ3) is 4.23. The highest BCUT2D eigenvalue weighted by molar-refractivity contribution is 5.98. The second-order valence-electron chi connectivity index (χ2n) is 8.09. The highest BCUT2D eigenvalue weighted by Gasteiger charge is 2.35. The number of hydrogen-bond donors (Lipinski definition) is 0. The van der Waals surface area contributed by atoms with Gasteiger partial charge < -0.3 is 9.80 Å². The average Bonchev–Trinajstić information content (AvgIpc) is 3.56. The van der Waals surface area contributed by atoms with E-state index in [1.165, 1.54) is 24.0 Å². The molecular weight excluding hydrogens is 340 g/mol. The van der Waals surface area contributed by atoms with Crippen LogP contribution < -0.4 is 0 Å². The van der Waals surface area contributed by atoms with Gasteiger partial charge in [-0.3, -0.25) is 14.4 Å². The molecule has 1 heterocycles. The maximum absolute atomic E-state index is 12.5. The Bertz CT molecular complexity index is 746. The first kappa shape index (κ1) is 18.2. The smallest absolute Gasteiger partial charge is 0.225 e. The molecule has 0 atom stereocenters. The molecule has 1 saturated heterocycles. The Morgan fingerprint density at radius 3 is 2.22 bits per heavy atom. The second-order valence-corrected chi connectivity index (χ2v) is 8.09. The van der Waals surface area contributed by atoms with Crippen LogP contribution in [0.5, 0.6) is 0 Å². The van der Waals surface area contributed by atoms with Crippen LogP contribution in [-0.4, -0.2) is 53.6 Å². The fraction of sp³-hybridized carbons (Fsp3) is 0.591. The minimum atomic E-state index is 0.0276. The Balaban J connectivity index is 1.25. The first-order valence-electron chi connectivity index (χ1n) is 10.3. The number of amides is 2. The lowest BCUT2D eigenvalue weighted by atomic mass is 9.89. The predicted octanol–water partition coefficient (Wildman–Crippen LogP) is 2.61. The highest BCUT2D eigenvalue weighted by Crippen LogP contribution is 2.31. The number of carbonyl (C=O) groups excluding carboxylic acids is 3. The molecule has 0 spiro atoms. The number of rotatable bonds is 5. The topological polar surface area (TPSA) is 57.7 Å². The molecule has 2 aliphatic carbocycles. The normalized spacial score (nSPS) is 19.6. The predicted molar refractivity (Wildman–Crippen MR) is 103 cm³/mol. The average molecular weight is 368 g/mol. The fourth-order valence-corrected chi connectivity index (χ4v) is 4.19. The van der Waals surface area contributed by atoms with Crippen LogP contribution in [-0.2, 0) is 22.4 Å². The van der Waals surface area contributed by atoms with Crippen LogP contribution in [0.15, 0.2) is 18.2 Å². The first-order valence-corrected chi connectivity index (χ1v) is 10.3. The molecule has 5 heteroatoms. The lowest BCUT2D eigenvalue weighted by Crippen LogP contribution is -2.51. The number of aryl methyl sites for hydroxylation is 2. The van der Waals surface area contributed by atoms with Gasteiger partial charge in [0, 0.05) is 50.5 Å². The van der Waals surface area contributed by atoms with Gasteiger partial charge in [0.1, 0.15) is 0 Å². The van der Waals surface area contributed by atoms with Gasteiger partial charge in [-0.15, -0.1) is 0 Å². The lowest BCUT2D eigenvalue weighted by Gasteiger charge is -2.35. The molecule has 5 nitrogen and oxygen atoms in total. The van der Waals surface area contributed by atoms with E-state index < -0.39 is 0 Å². The maximum atomic E-state index is 12.5. The molecule has 4 rings (SSSR count).